The van der Waals surface area contributed by atoms with Crippen molar-refractivity contribution in [2.24, 2.45) is 19.8 Å². The summed E-state index contributed by atoms with van der Waals surface area (Å²) in [7, 11) is 3.45. The molecule has 0 radical (unpaired) electrons. The van der Waals surface area contributed by atoms with Crippen molar-refractivity contribution in [2.45, 2.75) is 5.54 Å². The van der Waals surface area contributed by atoms with E-state index in [1.165, 1.54) is 10.6 Å². The number of halogens is 1. The minimum atomic E-state index is -1.16. The topological polar surface area (TPSA) is 105 Å². The lowest BCUT2D eigenvalue weighted by Gasteiger charge is -2.30. The first-order valence-electron chi connectivity index (χ1n) is 10.7. The van der Waals surface area contributed by atoms with Crippen molar-refractivity contribution in [2.75, 3.05) is 0 Å². The molecule has 0 bridgehead atoms. The normalized spacial score (nSPS) is 12.9. The van der Waals surface area contributed by atoms with Crippen LogP contribution in [-0.2, 0) is 19.6 Å². The van der Waals surface area contributed by atoms with Crippen molar-refractivity contribution in [3.05, 3.63) is 105 Å². The summed E-state index contributed by atoms with van der Waals surface area (Å²) in [4.78, 5) is 21.9. The monoisotopic (exact) mass is 481 g/mol. The van der Waals surface area contributed by atoms with E-state index in [0.29, 0.717) is 44.3 Å². The van der Waals surface area contributed by atoms with Crippen molar-refractivity contribution < 1.29 is 0 Å². The summed E-state index contributed by atoms with van der Waals surface area (Å²) in [6.45, 7) is 0. The first-order valence-corrected chi connectivity index (χ1v) is 11.0. The smallest absolute Gasteiger partial charge is 0.252 e. The SMILES string of the molecule is C#Cc1cccc(-c2cc(=O)n(C)c3ncc([C@](N)(c4ccc(Cl)cc4)c4cnnn4C)cc23)n1. The Bertz CT molecular complexity index is 1680. The van der Waals surface area contributed by atoms with Gasteiger partial charge in [0.15, 0.2) is 0 Å². The van der Waals surface area contributed by atoms with E-state index in [-0.39, 0.29) is 5.56 Å². The Kier molecular flexibility index (Phi) is 5.44. The van der Waals surface area contributed by atoms with E-state index in [9.17, 15) is 4.79 Å². The van der Waals surface area contributed by atoms with Crippen molar-refractivity contribution in [3.8, 4) is 23.6 Å². The molecule has 9 heteroatoms. The van der Waals surface area contributed by atoms with Crippen molar-refractivity contribution >= 4 is 22.6 Å². The maximum Gasteiger partial charge on any atom is 0.252 e. The molecular formula is C26H20ClN7O. The van der Waals surface area contributed by atoms with Crippen LogP contribution in [0.3, 0.4) is 0 Å². The molecule has 0 amide bonds. The molecule has 5 rings (SSSR count). The van der Waals surface area contributed by atoms with Crippen LogP contribution in [0.4, 0.5) is 0 Å². The second kappa shape index (κ2) is 8.47. The van der Waals surface area contributed by atoms with Gasteiger partial charge in [0, 0.05) is 47.9 Å². The van der Waals surface area contributed by atoms with Gasteiger partial charge < -0.3 is 5.73 Å². The van der Waals surface area contributed by atoms with Crippen molar-refractivity contribution in [1.82, 2.24) is 29.5 Å². The predicted octanol–water partition coefficient (Wildman–Crippen LogP) is 3.01. The van der Waals surface area contributed by atoms with Crippen LogP contribution < -0.4 is 11.3 Å². The fraction of sp³-hybridized carbons (Fsp3) is 0.115. The molecule has 8 nitrogen and oxygen atoms in total. The van der Waals surface area contributed by atoms with E-state index < -0.39 is 5.54 Å². The van der Waals surface area contributed by atoms with E-state index >= 15 is 0 Å². The summed E-state index contributed by atoms with van der Waals surface area (Å²) < 4.78 is 3.11. The maximum absolute atomic E-state index is 12.7. The van der Waals surface area contributed by atoms with Gasteiger partial charge in [0.1, 0.15) is 16.9 Å². The van der Waals surface area contributed by atoms with Gasteiger partial charge in [-0.2, -0.15) is 0 Å². The second-order valence-electron chi connectivity index (χ2n) is 8.16. The van der Waals surface area contributed by atoms with Crippen molar-refractivity contribution in [3.63, 3.8) is 0 Å². The zero-order valence-electron chi connectivity index (χ0n) is 19.0. The summed E-state index contributed by atoms with van der Waals surface area (Å²) in [5.41, 5.74) is 10.0. The maximum atomic E-state index is 12.7. The van der Waals surface area contributed by atoms with Gasteiger partial charge in [-0.15, -0.1) is 11.5 Å². The molecule has 172 valence electrons. The van der Waals surface area contributed by atoms with Gasteiger partial charge in [0.2, 0.25) is 0 Å². The van der Waals surface area contributed by atoms with E-state index in [1.807, 2.05) is 24.3 Å². The van der Waals surface area contributed by atoms with Gasteiger partial charge in [0.25, 0.3) is 5.56 Å². The summed E-state index contributed by atoms with van der Waals surface area (Å²) >= 11 is 6.15. The fourth-order valence-corrected chi connectivity index (χ4v) is 4.37. The Morgan fingerprint density at radius 3 is 2.51 bits per heavy atom. The molecule has 0 aliphatic carbocycles. The van der Waals surface area contributed by atoms with Crippen LogP contribution in [0, 0.1) is 12.3 Å². The highest BCUT2D eigenvalue weighted by Crippen LogP contribution is 2.36. The van der Waals surface area contributed by atoms with Gasteiger partial charge >= 0.3 is 0 Å². The third-order valence-corrected chi connectivity index (χ3v) is 6.37. The third kappa shape index (κ3) is 3.67. The molecule has 35 heavy (non-hydrogen) atoms. The Morgan fingerprint density at radius 1 is 1.06 bits per heavy atom. The quantitative estimate of drug-likeness (QED) is 0.396. The van der Waals surface area contributed by atoms with Crippen LogP contribution in [0.1, 0.15) is 22.5 Å². The number of pyridine rings is 3. The number of aryl methyl sites for hydroxylation is 2. The zero-order chi connectivity index (χ0) is 24.7. The number of rotatable bonds is 4. The molecule has 0 fully saturated rings. The van der Waals surface area contributed by atoms with Crippen LogP contribution in [0.5, 0.6) is 0 Å². The van der Waals surface area contributed by atoms with Gasteiger partial charge in [-0.05, 0) is 35.9 Å². The molecule has 0 saturated heterocycles. The fourth-order valence-electron chi connectivity index (χ4n) is 4.24. The van der Waals surface area contributed by atoms with E-state index in [2.05, 4.69) is 26.2 Å². The number of aromatic nitrogens is 6. The number of benzene rings is 1. The molecular weight excluding hydrogens is 462 g/mol. The number of hydrogen-bond donors (Lipinski definition) is 1. The number of nitrogens with two attached hydrogens (primary N) is 1. The summed E-state index contributed by atoms with van der Waals surface area (Å²) in [6.07, 6.45) is 8.85. The van der Waals surface area contributed by atoms with Crippen LogP contribution in [0.15, 0.2) is 71.8 Å². The number of terminal acetylenes is 1. The molecule has 1 aromatic carbocycles. The van der Waals surface area contributed by atoms with Crippen LogP contribution in [-0.4, -0.2) is 29.5 Å². The molecule has 4 heterocycles. The highest BCUT2D eigenvalue weighted by Gasteiger charge is 2.36. The van der Waals surface area contributed by atoms with Crippen LogP contribution in [0.25, 0.3) is 22.3 Å². The van der Waals surface area contributed by atoms with Gasteiger partial charge in [0.05, 0.1) is 17.6 Å². The Labute approximate surface area is 206 Å². The predicted molar refractivity (Wildman–Crippen MR) is 135 cm³/mol. The average Bonchev–Trinajstić information content (AvgIpc) is 3.32. The number of fused-ring (bicyclic) bond motifs is 1. The van der Waals surface area contributed by atoms with Crippen molar-refractivity contribution in [1.29, 1.82) is 0 Å². The van der Waals surface area contributed by atoms with Gasteiger partial charge in [-0.3, -0.25) is 9.36 Å². The molecule has 5 aromatic rings. The molecule has 0 saturated carbocycles. The summed E-state index contributed by atoms with van der Waals surface area (Å²) in [5, 5.41) is 9.42. The molecule has 2 N–H and O–H groups in total. The van der Waals surface area contributed by atoms with Crippen LogP contribution >= 0.6 is 11.6 Å². The first kappa shape index (κ1) is 22.5. The largest absolute Gasteiger partial charge is 0.313 e. The first-order chi connectivity index (χ1) is 16.8. The van der Waals surface area contributed by atoms with Crippen LogP contribution in [0.2, 0.25) is 5.02 Å². The van der Waals surface area contributed by atoms with E-state index in [0.717, 1.165) is 5.56 Å². The minimum absolute atomic E-state index is 0.215. The second-order valence-corrected chi connectivity index (χ2v) is 8.60. The molecule has 4 aromatic heterocycles. The standard InChI is InChI=1S/C26H20ClN7O/c1-4-19-6-5-7-22(31-19)20-13-24(35)33(2)25-21(20)12-17(14-29-25)26(28,23-15-30-32-34(23)3)16-8-10-18(27)11-9-16/h1,5-15H,28H2,2-3H3/t26-/m1/s1. The highest BCUT2D eigenvalue weighted by molar-refractivity contribution is 6.30. The number of hydrogen-bond acceptors (Lipinski definition) is 6. The minimum Gasteiger partial charge on any atom is -0.313 e. The molecule has 0 aliphatic heterocycles. The lowest BCUT2D eigenvalue weighted by Crippen LogP contribution is -2.41. The lowest BCUT2D eigenvalue weighted by atomic mass is 9.81. The molecule has 1 atom stereocenters. The number of nitrogens with zero attached hydrogens (tertiary/aromatic N) is 6. The highest BCUT2D eigenvalue weighted by atomic mass is 35.5. The molecule has 0 unspecified atom stereocenters. The molecule has 0 spiro atoms. The Hall–Kier alpha value is -4.32. The van der Waals surface area contributed by atoms with E-state index in [1.54, 1.807) is 55.4 Å². The van der Waals surface area contributed by atoms with E-state index in [4.69, 9.17) is 23.8 Å². The third-order valence-electron chi connectivity index (χ3n) is 6.12. The zero-order valence-corrected chi connectivity index (χ0v) is 19.7. The Morgan fingerprint density at radius 2 is 1.83 bits per heavy atom. The van der Waals surface area contributed by atoms with Gasteiger partial charge in [-0.25, -0.2) is 14.6 Å². The summed E-state index contributed by atoms with van der Waals surface area (Å²) in [6, 6.07) is 16.1. The lowest BCUT2D eigenvalue weighted by molar-refractivity contribution is 0.562. The van der Waals surface area contributed by atoms with Gasteiger partial charge in [-0.1, -0.05) is 40.9 Å². The average molecular weight is 482 g/mol. The molecule has 0 aliphatic rings. The Balaban J connectivity index is 1.84. The summed E-state index contributed by atoms with van der Waals surface area (Å²) in [5.74, 6) is 2.54.